The van der Waals surface area contributed by atoms with Gasteiger partial charge in [0, 0.05) is 36.5 Å². The number of aromatic nitrogens is 2. The molecule has 7 nitrogen and oxygen atoms in total. The fourth-order valence-electron chi connectivity index (χ4n) is 4.92. The van der Waals surface area contributed by atoms with E-state index in [0.717, 1.165) is 37.1 Å². The number of nitrogens with zero attached hydrogens (tertiary/aromatic N) is 4. The number of piperidine rings is 1. The van der Waals surface area contributed by atoms with E-state index in [1.54, 1.807) is 18.3 Å². The van der Waals surface area contributed by atoms with Gasteiger partial charge in [0.15, 0.2) is 0 Å². The zero-order chi connectivity index (χ0) is 26.5. The summed E-state index contributed by atoms with van der Waals surface area (Å²) in [6.45, 7) is 2.00. The molecule has 1 aliphatic rings. The van der Waals surface area contributed by atoms with Gasteiger partial charge in [-0.1, -0.05) is 60.7 Å². The molecule has 1 aromatic heterocycles. The number of carbonyl (C=O) groups excluding carboxylic acids is 1. The summed E-state index contributed by atoms with van der Waals surface area (Å²) in [5.41, 5.74) is 4.28. The Balaban J connectivity index is 1.40. The van der Waals surface area contributed by atoms with Crippen LogP contribution in [0, 0.1) is 0 Å². The molecule has 0 spiro atoms. The Morgan fingerprint density at radius 1 is 0.947 bits per heavy atom. The number of hydrogen-bond acceptors (Lipinski definition) is 4. The van der Waals surface area contributed by atoms with Crippen molar-refractivity contribution >= 4 is 12.1 Å². The van der Waals surface area contributed by atoms with Crippen molar-refractivity contribution in [2.45, 2.75) is 25.4 Å². The molecule has 2 heterocycles. The van der Waals surface area contributed by atoms with Crippen molar-refractivity contribution in [2.75, 3.05) is 27.2 Å². The smallest absolute Gasteiger partial charge is 0.280 e. The highest BCUT2D eigenvalue weighted by Gasteiger charge is 2.24. The van der Waals surface area contributed by atoms with Crippen LogP contribution in [0.25, 0.3) is 16.9 Å². The third-order valence-electron chi connectivity index (χ3n) is 7.18. The van der Waals surface area contributed by atoms with Gasteiger partial charge in [0.1, 0.15) is 0 Å². The highest BCUT2D eigenvalue weighted by atomic mass is 16.2. The zero-order valence-electron chi connectivity index (χ0n) is 21.9. The molecule has 1 saturated heterocycles. The van der Waals surface area contributed by atoms with E-state index in [0.29, 0.717) is 35.1 Å². The Kier molecular flexibility index (Phi) is 7.65. The fourth-order valence-corrected chi connectivity index (χ4v) is 4.92. The minimum absolute atomic E-state index is 0.0336. The monoisotopic (exact) mass is 507 g/mol. The van der Waals surface area contributed by atoms with E-state index in [2.05, 4.69) is 29.1 Å². The summed E-state index contributed by atoms with van der Waals surface area (Å²) in [5.74, 6) is 0.0336. The quantitative estimate of drug-likeness (QED) is 0.371. The zero-order valence-corrected chi connectivity index (χ0v) is 21.9. The van der Waals surface area contributed by atoms with E-state index in [-0.39, 0.29) is 11.5 Å². The SMILES string of the molecule is CN(C)C1CCN(C(=O)c2ccc(-n3[nH]c(-c4ccccc4)c(C=NCc4ccccc4)c3=O)cc2)CC1. The van der Waals surface area contributed by atoms with Gasteiger partial charge in [-0.3, -0.25) is 19.7 Å². The van der Waals surface area contributed by atoms with Crippen LogP contribution in [0.5, 0.6) is 0 Å². The van der Waals surface area contributed by atoms with Gasteiger partial charge in [0.25, 0.3) is 11.5 Å². The Bertz CT molecular complexity index is 1450. The molecule has 1 N–H and O–H groups in total. The van der Waals surface area contributed by atoms with E-state index >= 15 is 0 Å². The normalized spacial score (nSPS) is 14.4. The molecule has 4 aromatic rings. The molecule has 3 aromatic carbocycles. The molecule has 0 aliphatic carbocycles. The Morgan fingerprint density at radius 3 is 2.21 bits per heavy atom. The first-order valence-corrected chi connectivity index (χ1v) is 13.0. The van der Waals surface area contributed by atoms with Crippen molar-refractivity contribution in [1.82, 2.24) is 19.6 Å². The highest BCUT2D eigenvalue weighted by molar-refractivity contribution is 5.94. The maximum absolute atomic E-state index is 13.5. The molecule has 38 heavy (non-hydrogen) atoms. The average molecular weight is 508 g/mol. The van der Waals surface area contributed by atoms with Gasteiger partial charge in [-0.15, -0.1) is 0 Å². The number of aromatic amines is 1. The first-order valence-electron chi connectivity index (χ1n) is 13.0. The van der Waals surface area contributed by atoms with Crippen LogP contribution in [0.1, 0.15) is 34.3 Å². The molecule has 0 atom stereocenters. The predicted molar refractivity (Wildman–Crippen MR) is 152 cm³/mol. The number of amides is 1. The van der Waals surface area contributed by atoms with Crippen LogP contribution >= 0.6 is 0 Å². The van der Waals surface area contributed by atoms with Gasteiger partial charge in [-0.05, 0) is 56.8 Å². The van der Waals surface area contributed by atoms with Crippen molar-refractivity contribution in [3.63, 3.8) is 0 Å². The molecule has 194 valence electrons. The standard InChI is InChI=1S/C31H33N5O2/c1-34(2)26-17-19-35(20-18-26)30(37)25-13-15-27(16-14-25)36-31(38)28(22-32-21-23-9-5-3-6-10-23)29(33-36)24-11-7-4-8-12-24/h3-16,22,26,33H,17-21H2,1-2H3. The van der Waals surface area contributed by atoms with E-state index in [1.807, 2.05) is 77.7 Å². The number of aliphatic imine (C=N–C) groups is 1. The number of H-pyrrole nitrogens is 1. The third kappa shape index (κ3) is 5.53. The van der Waals surface area contributed by atoms with Crippen molar-refractivity contribution in [2.24, 2.45) is 4.99 Å². The van der Waals surface area contributed by atoms with Crippen LogP contribution in [-0.2, 0) is 6.54 Å². The van der Waals surface area contributed by atoms with Crippen molar-refractivity contribution in [3.05, 3.63) is 112 Å². The maximum atomic E-state index is 13.5. The summed E-state index contributed by atoms with van der Waals surface area (Å²) in [4.78, 5) is 35.3. The average Bonchev–Trinajstić information content (AvgIpc) is 3.29. The third-order valence-corrected chi connectivity index (χ3v) is 7.18. The molecule has 1 fully saturated rings. The van der Waals surface area contributed by atoms with E-state index in [1.165, 1.54) is 4.68 Å². The molecule has 5 rings (SSSR count). The summed E-state index contributed by atoms with van der Waals surface area (Å²) in [7, 11) is 4.18. The first-order chi connectivity index (χ1) is 18.5. The maximum Gasteiger partial charge on any atom is 0.280 e. The summed E-state index contributed by atoms with van der Waals surface area (Å²) in [6.07, 6.45) is 3.61. The van der Waals surface area contributed by atoms with Crippen molar-refractivity contribution in [1.29, 1.82) is 0 Å². The van der Waals surface area contributed by atoms with Gasteiger partial charge >= 0.3 is 0 Å². The van der Waals surface area contributed by atoms with Gasteiger partial charge in [0.2, 0.25) is 0 Å². The summed E-state index contributed by atoms with van der Waals surface area (Å²) in [5, 5.41) is 3.27. The molecular formula is C31H33N5O2. The topological polar surface area (TPSA) is 73.7 Å². The largest absolute Gasteiger partial charge is 0.339 e. The predicted octanol–water partition coefficient (Wildman–Crippen LogP) is 4.62. The Hall–Kier alpha value is -4.23. The van der Waals surface area contributed by atoms with Crippen LogP contribution in [0.2, 0.25) is 0 Å². The summed E-state index contributed by atoms with van der Waals surface area (Å²) < 4.78 is 1.52. The lowest BCUT2D eigenvalue weighted by atomic mass is 10.0. The number of nitrogens with one attached hydrogen (secondary N) is 1. The Morgan fingerprint density at radius 2 is 1.58 bits per heavy atom. The second kappa shape index (κ2) is 11.4. The lowest BCUT2D eigenvalue weighted by molar-refractivity contribution is 0.0663. The molecule has 7 heteroatoms. The van der Waals surface area contributed by atoms with Gasteiger partial charge in [-0.2, -0.15) is 0 Å². The number of carbonyl (C=O) groups is 1. The highest BCUT2D eigenvalue weighted by Crippen LogP contribution is 2.21. The summed E-state index contributed by atoms with van der Waals surface area (Å²) >= 11 is 0. The minimum Gasteiger partial charge on any atom is -0.339 e. The van der Waals surface area contributed by atoms with E-state index < -0.39 is 0 Å². The molecule has 1 aliphatic heterocycles. The lowest BCUT2D eigenvalue weighted by Gasteiger charge is -2.35. The van der Waals surface area contributed by atoms with Crippen molar-refractivity contribution in [3.8, 4) is 16.9 Å². The van der Waals surface area contributed by atoms with Gasteiger partial charge in [0.05, 0.1) is 23.5 Å². The molecule has 0 unspecified atom stereocenters. The second-order valence-corrected chi connectivity index (χ2v) is 9.90. The van der Waals surface area contributed by atoms with Gasteiger partial charge in [-0.25, -0.2) is 4.68 Å². The summed E-state index contributed by atoms with van der Waals surface area (Å²) in [6, 6.07) is 27.5. The molecular weight excluding hydrogens is 474 g/mol. The number of hydrogen-bond donors (Lipinski definition) is 1. The molecule has 0 saturated carbocycles. The number of rotatable bonds is 7. The molecule has 0 radical (unpaired) electrons. The minimum atomic E-state index is -0.189. The van der Waals surface area contributed by atoms with Gasteiger partial charge < -0.3 is 9.80 Å². The number of likely N-dealkylation sites (tertiary alicyclic amines) is 1. The molecule has 1 amide bonds. The number of benzene rings is 3. The molecule has 0 bridgehead atoms. The van der Waals surface area contributed by atoms with Crippen LogP contribution in [0.3, 0.4) is 0 Å². The first kappa shape index (κ1) is 25.4. The van der Waals surface area contributed by atoms with Crippen molar-refractivity contribution < 1.29 is 4.79 Å². The van der Waals surface area contributed by atoms with Crippen LogP contribution in [0.4, 0.5) is 0 Å². The second-order valence-electron chi connectivity index (χ2n) is 9.90. The van der Waals surface area contributed by atoms with Crippen LogP contribution in [0.15, 0.2) is 94.7 Å². The van der Waals surface area contributed by atoms with E-state index in [9.17, 15) is 9.59 Å². The fraction of sp³-hybridized carbons (Fsp3) is 0.258. The van der Waals surface area contributed by atoms with E-state index in [4.69, 9.17) is 0 Å². The lowest BCUT2D eigenvalue weighted by Crippen LogP contribution is -2.44. The Labute approximate surface area is 223 Å². The van der Waals surface area contributed by atoms with Crippen LogP contribution < -0.4 is 5.56 Å². The van der Waals surface area contributed by atoms with Crippen LogP contribution in [-0.4, -0.2) is 64.9 Å².